The highest BCUT2D eigenvalue weighted by Gasteiger charge is 2.58. The summed E-state index contributed by atoms with van der Waals surface area (Å²) in [6, 6.07) is 5.91. The van der Waals surface area contributed by atoms with Gasteiger partial charge in [0.2, 0.25) is 0 Å². The van der Waals surface area contributed by atoms with Crippen molar-refractivity contribution in [1.29, 1.82) is 0 Å². The molecule has 0 saturated carbocycles. The fourth-order valence-electron chi connectivity index (χ4n) is 6.20. The fourth-order valence-corrected chi connectivity index (χ4v) is 6.20. The van der Waals surface area contributed by atoms with E-state index in [0.29, 0.717) is 22.5 Å². The number of phenolic OH excluding ortho intramolecular Hbond substituents is 1. The van der Waals surface area contributed by atoms with Crippen LogP contribution in [0.25, 0.3) is 11.1 Å². The largest absolute Gasteiger partial charge is 0.508 e. The lowest BCUT2D eigenvalue weighted by molar-refractivity contribution is -0.173. The number of benzene rings is 2. The zero-order valence-corrected chi connectivity index (χ0v) is 20.9. The first-order valence-electron chi connectivity index (χ1n) is 11.8. The normalized spacial score (nSPS) is 24.5. The zero-order valence-electron chi connectivity index (χ0n) is 20.9. The summed E-state index contributed by atoms with van der Waals surface area (Å²) >= 11 is 0. The van der Waals surface area contributed by atoms with Crippen molar-refractivity contribution in [3.63, 3.8) is 0 Å². The number of ketones is 1. The number of hydrogen-bond donors (Lipinski definition) is 2. The molecule has 184 valence electrons. The van der Waals surface area contributed by atoms with Crippen molar-refractivity contribution < 1.29 is 29.3 Å². The van der Waals surface area contributed by atoms with Crippen LogP contribution in [-0.2, 0) is 15.4 Å². The molecule has 0 radical (unpaired) electrons. The lowest BCUT2D eigenvalue weighted by atomic mass is 9.88. The van der Waals surface area contributed by atoms with Crippen LogP contribution in [0.4, 0.5) is 11.4 Å². The molecule has 0 fully saturated rings. The van der Waals surface area contributed by atoms with Crippen LogP contribution in [-0.4, -0.2) is 38.9 Å². The van der Waals surface area contributed by atoms with E-state index in [9.17, 15) is 24.6 Å². The van der Waals surface area contributed by atoms with Gasteiger partial charge in [-0.15, -0.1) is 0 Å². The minimum Gasteiger partial charge on any atom is -0.508 e. The molecular formula is C28H26N2O6. The van der Waals surface area contributed by atoms with Crippen LogP contribution < -0.4 is 14.5 Å². The molecule has 4 aliphatic rings. The van der Waals surface area contributed by atoms with Crippen LogP contribution in [0.3, 0.4) is 0 Å². The average Bonchev–Trinajstić information content (AvgIpc) is 3.14. The molecule has 2 amide bonds. The number of amides is 2. The predicted octanol–water partition coefficient (Wildman–Crippen LogP) is 3.88. The van der Waals surface area contributed by atoms with Crippen LogP contribution >= 0.6 is 0 Å². The van der Waals surface area contributed by atoms with Crippen molar-refractivity contribution in [2.24, 2.45) is 0 Å². The molecule has 0 saturated heterocycles. The number of aromatic hydroxyl groups is 1. The minimum absolute atomic E-state index is 0.0643. The minimum atomic E-state index is -2.45. The number of ether oxygens (including phenoxy) is 1. The van der Waals surface area contributed by atoms with Crippen LogP contribution in [0.15, 0.2) is 36.4 Å². The first-order valence-corrected chi connectivity index (χ1v) is 11.8. The SMILES string of the molecule is CC1=CC(C)(C)N2C(=O)C(=O)c3cc(O[C@@]4(O)C(=O)N5c6c(cc(O)cc64)C(C)=CC5(C)C)cc1c32. The first kappa shape index (κ1) is 22.5. The molecule has 1 atom stereocenters. The van der Waals surface area contributed by atoms with E-state index >= 15 is 0 Å². The van der Waals surface area contributed by atoms with Gasteiger partial charge in [0.25, 0.3) is 11.7 Å². The van der Waals surface area contributed by atoms with Crippen molar-refractivity contribution in [2.75, 3.05) is 9.80 Å². The van der Waals surface area contributed by atoms with Crippen molar-refractivity contribution >= 4 is 40.1 Å². The topological polar surface area (TPSA) is 107 Å². The molecule has 36 heavy (non-hydrogen) atoms. The van der Waals surface area contributed by atoms with Crippen molar-refractivity contribution in [1.82, 2.24) is 0 Å². The highest BCUT2D eigenvalue weighted by atomic mass is 16.6. The Bertz CT molecular complexity index is 1530. The van der Waals surface area contributed by atoms with E-state index in [-0.39, 0.29) is 22.6 Å². The molecule has 0 unspecified atom stereocenters. The van der Waals surface area contributed by atoms with E-state index in [1.165, 1.54) is 21.9 Å². The predicted molar refractivity (Wildman–Crippen MR) is 134 cm³/mol. The van der Waals surface area contributed by atoms with E-state index in [1.54, 1.807) is 12.1 Å². The third-order valence-corrected chi connectivity index (χ3v) is 7.53. The number of rotatable bonds is 2. The number of hydrogen-bond acceptors (Lipinski definition) is 6. The average molecular weight is 487 g/mol. The molecule has 4 heterocycles. The Hall–Kier alpha value is -3.91. The summed E-state index contributed by atoms with van der Waals surface area (Å²) in [7, 11) is 0. The molecule has 8 heteroatoms. The molecule has 0 bridgehead atoms. The van der Waals surface area contributed by atoms with Gasteiger partial charge in [0.15, 0.2) is 0 Å². The van der Waals surface area contributed by atoms with Crippen molar-refractivity contribution in [3.05, 3.63) is 58.7 Å². The Kier molecular flexibility index (Phi) is 4.04. The van der Waals surface area contributed by atoms with Gasteiger partial charge in [-0.3, -0.25) is 24.2 Å². The number of Topliss-reactive ketones (excluding diaryl/α,β-unsaturated/α-hetero) is 1. The lowest BCUT2D eigenvalue weighted by Crippen LogP contribution is -2.52. The van der Waals surface area contributed by atoms with E-state index in [2.05, 4.69) is 0 Å². The number of nitrogens with zero attached hydrogens (tertiary/aromatic N) is 2. The molecule has 2 aromatic carbocycles. The maximum Gasteiger partial charge on any atom is 0.318 e. The van der Waals surface area contributed by atoms with Gasteiger partial charge in [0, 0.05) is 11.1 Å². The Labute approximate surface area is 208 Å². The summed E-state index contributed by atoms with van der Waals surface area (Å²) in [5.41, 5.74) is 2.76. The van der Waals surface area contributed by atoms with Crippen LogP contribution in [0.1, 0.15) is 68.6 Å². The smallest absolute Gasteiger partial charge is 0.318 e. The van der Waals surface area contributed by atoms with E-state index in [4.69, 9.17) is 4.74 Å². The number of anilines is 2. The monoisotopic (exact) mass is 486 g/mol. The van der Waals surface area contributed by atoms with Gasteiger partial charge in [-0.05, 0) is 77.0 Å². The molecular weight excluding hydrogens is 460 g/mol. The summed E-state index contributed by atoms with van der Waals surface area (Å²) in [5.74, 6) is -4.50. The summed E-state index contributed by atoms with van der Waals surface area (Å²) in [5, 5.41) is 22.2. The molecule has 8 nitrogen and oxygen atoms in total. The highest BCUT2D eigenvalue weighted by Crippen LogP contribution is 2.53. The van der Waals surface area contributed by atoms with Gasteiger partial charge in [-0.1, -0.05) is 12.2 Å². The Morgan fingerprint density at radius 2 is 1.33 bits per heavy atom. The Morgan fingerprint density at radius 1 is 0.778 bits per heavy atom. The number of carbonyl (C=O) groups is 3. The second kappa shape index (κ2) is 6.44. The van der Waals surface area contributed by atoms with Crippen molar-refractivity contribution in [2.45, 2.75) is 58.4 Å². The van der Waals surface area contributed by atoms with Gasteiger partial charge in [0.05, 0.1) is 33.6 Å². The summed E-state index contributed by atoms with van der Waals surface area (Å²) in [4.78, 5) is 42.5. The second-order valence-electron chi connectivity index (χ2n) is 11.1. The molecule has 0 spiro atoms. The third-order valence-electron chi connectivity index (χ3n) is 7.53. The van der Waals surface area contributed by atoms with E-state index in [0.717, 1.165) is 11.1 Å². The van der Waals surface area contributed by atoms with Crippen LogP contribution in [0.5, 0.6) is 11.5 Å². The van der Waals surface area contributed by atoms with Crippen molar-refractivity contribution in [3.8, 4) is 11.5 Å². The number of carbonyl (C=O) groups excluding carboxylic acids is 3. The first-order chi connectivity index (χ1) is 16.7. The third kappa shape index (κ3) is 2.59. The molecule has 2 aromatic rings. The maximum absolute atomic E-state index is 13.8. The van der Waals surface area contributed by atoms with Crippen LogP contribution in [0.2, 0.25) is 0 Å². The van der Waals surface area contributed by atoms with Gasteiger partial charge < -0.3 is 14.9 Å². The second-order valence-corrected chi connectivity index (χ2v) is 11.1. The summed E-state index contributed by atoms with van der Waals surface area (Å²) in [6.45, 7) is 11.2. The van der Waals surface area contributed by atoms with Crippen LogP contribution in [0, 0.1) is 0 Å². The number of aliphatic hydroxyl groups is 1. The molecule has 2 N–H and O–H groups in total. The molecule has 0 aliphatic carbocycles. The van der Waals surface area contributed by atoms with E-state index in [1.807, 2.05) is 53.7 Å². The van der Waals surface area contributed by atoms with Gasteiger partial charge >= 0.3 is 11.7 Å². The lowest BCUT2D eigenvalue weighted by Gasteiger charge is -2.39. The fraction of sp³-hybridized carbons (Fsp3) is 0.321. The molecule has 6 rings (SSSR count). The Morgan fingerprint density at radius 3 is 1.97 bits per heavy atom. The summed E-state index contributed by atoms with van der Waals surface area (Å²) < 4.78 is 6.03. The molecule has 4 aliphatic heterocycles. The van der Waals surface area contributed by atoms with Gasteiger partial charge in [0.1, 0.15) is 11.5 Å². The highest BCUT2D eigenvalue weighted by molar-refractivity contribution is 6.53. The quantitative estimate of drug-likeness (QED) is 0.493. The Balaban J connectivity index is 1.53. The number of allylic oxidation sites excluding steroid dienone is 2. The van der Waals surface area contributed by atoms with E-state index < -0.39 is 34.5 Å². The van der Waals surface area contributed by atoms with Gasteiger partial charge in [-0.2, -0.15) is 0 Å². The maximum atomic E-state index is 13.8. The standard InChI is InChI=1S/C28H26N2O6/c1-13-12-27(5,6)30-22-17(13)7-15(31)8-20(22)28(35,25(30)34)36-16-9-18-14(2)11-26(3,4)29-21(18)19(10-16)23(32)24(29)33/h7-12,31,35H,1-6H3/t28-/m1/s1. The molecule has 0 aromatic heterocycles. The van der Waals surface area contributed by atoms with Gasteiger partial charge in [-0.25, -0.2) is 0 Å². The summed E-state index contributed by atoms with van der Waals surface area (Å²) in [6.07, 6.45) is 3.80. The zero-order chi connectivity index (χ0) is 26.1. The number of phenols is 1.